The van der Waals surface area contributed by atoms with Crippen LogP contribution < -0.4 is 0 Å². The number of carbonyl (C=O) groups excluding carboxylic acids is 2. The fourth-order valence-corrected chi connectivity index (χ4v) is 3.55. The van der Waals surface area contributed by atoms with E-state index in [1.54, 1.807) is 0 Å². The molecule has 0 aromatic rings. The van der Waals surface area contributed by atoms with Crippen LogP contribution in [-0.2, 0) is 23.9 Å². The number of hydrogen-bond acceptors (Lipinski definition) is 5. The van der Waals surface area contributed by atoms with E-state index in [9.17, 15) is 18.8 Å². The van der Waals surface area contributed by atoms with Crippen LogP contribution in [0.4, 0.5) is 4.39 Å². The van der Waals surface area contributed by atoms with Crippen molar-refractivity contribution < 1.29 is 33.4 Å². The maximum Gasteiger partial charge on any atom is 0.356 e. The van der Waals surface area contributed by atoms with Crippen LogP contribution in [0.25, 0.3) is 0 Å². The number of cyclic esters (lactones) is 1. The zero-order chi connectivity index (χ0) is 23.0. The number of carboxylic acids is 1. The molecule has 0 spiro atoms. The molecule has 0 bridgehead atoms. The number of hydrogen-bond donors (Lipinski definition) is 1. The molecule has 0 radical (unpaired) electrons. The summed E-state index contributed by atoms with van der Waals surface area (Å²) >= 11 is 0. The lowest BCUT2D eigenvalue weighted by Crippen LogP contribution is -2.38. The Balaban J connectivity index is 1.92. The highest BCUT2D eigenvalue weighted by molar-refractivity contribution is 6.03. The molecule has 0 aromatic carbocycles. The Morgan fingerprint density at radius 1 is 1.03 bits per heavy atom. The van der Waals surface area contributed by atoms with E-state index in [-0.39, 0.29) is 13.0 Å². The molecule has 0 aliphatic carbocycles. The molecule has 0 aromatic heterocycles. The molecule has 6 nitrogen and oxygen atoms in total. The quantitative estimate of drug-likeness (QED) is 0.127. The van der Waals surface area contributed by atoms with Gasteiger partial charge in [0.2, 0.25) is 0 Å². The second kappa shape index (κ2) is 15.8. The Hall–Kier alpha value is -1.92. The second-order valence-corrected chi connectivity index (χ2v) is 8.36. The number of carbonyl (C=O) groups is 3. The fraction of sp³-hybridized carbons (Fsp3) is 0.792. The smallest absolute Gasteiger partial charge is 0.356 e. The van der Waals surface area contributed by atoms with Crippen LogP contribution in [0, 0.1) is 0 Å². The molecule has 0 amide bonds. The number of unbranched alkanes of at least 4 members (excludes halogenated alkanes) is 11. The van der Waals surface area contributed by atoms with Gasteiger partial charge in [-0.05, 0) is 32.1 Å². The van der Waals surface area contributed by atoms with Crippen LogP contribution >= 0.6 is 0 Å². The van der Waals surface area contributed by atoms with E-state index < -0.39 is 36.1 Å². The summed E-state index contributed by atoms with van der Waals surface area (Å²) in [5.41, 5.74) is -3.04. The van der Waals surface area contributed by atoms with E-state index in [1.807, 2.05) is 0 Å². The summed E-state index contributed by atoms with van der Waals surface area (Å²) in [6.45, 7) is 1.92. The SMILES string of the molecule is CCCCCCCC/C=C\CCCCCCCC(=O)OC[C@@H]1CC(F)(C(=O)O)C(=O)O1. The van der Waals surface area contributed by atoms with E-state index >= 15 is 0 Å². The maximum absolute atomic E-state index is 13.9. The summed E-state index contributed by atoms with van der Waals surface area (Å²) in [5.74, 6) is -3.75. The van der Waals surface area contributed by atoms with Crippen molar-refractivity contribution in [2.75, 3.05) is 6.61 Å². The third kappa shape index (κ3) is 11.3. The number of allylic oxidation sites excluding steroid dienone is 2. The number of carboxylic acid groups (broad SMARTS) is 1. The fourth-order valence-electron chi connectivity index (χ4n) is 3.55. The summed E-state index contributed by atoms with van der Waals surface area (Å²) in [7, 11) is 0. The minimum absolute atomic E-state index is 0.249. The van der Waals surface area contributed by atoms with Gasteiger partial charge in [-0.15, -0.1) is 0 Å². The van der Waals surface area contributed by atoms with Crippen molar-refractivity contribution >= 4 is 17.9 Å². The monoisotopic (exact) mass is 442 g/mol. The minimum Gasteiger partial charge on any atom is -0.478 e. The summed E-state index contributed by atoms with van der Waals surface area (Å²) in [6.07, 6.45) is 18.4. The van der Waals surface area contributed by atoms with Crippen molar-refractivity contribution in [2.24, 2.45) is 0 Å². The van der Waals surface area contributed by atoms with Gasteiger partial charge in [0.25, 0.3) is 0 Å². The second-order valence-electron chi connectivity index (χ2n) is 8.36. The molecule has 1 aliphatic rings. The van der Waals surface area contributed by atoms with Crippen molar-refractivity contribution in [2.45, 2.75) is 115 Å². The average molecular weight is 443 g/mol. The van der Waals surface area contributed by atoms with E-state index in [1.165, 1.54) is 44.9 Å². The first-order valence-corrected chi connectivity index (χ1v) is 11.8. The first-order valence-electron chi connectivity index (χ1n) is 11.8. The first-order chi connectivity index (χ1) is 14.9. The first kappa shape index (κ1) is 27.1. The molecule has 1 heterocycles. The molecule has 31 heavy (non-hydrogen) atoms. The third-order valence-electron chi connectivity index (χ3n) is 5.52. The Bertz CT molecular complexity index is 576. The van der Waals surface area contributed by atoms with Gasteiger partial charge in [0, 0.05) is 12.8 Å². The largest absolute Gasteiger partial charge is 0.478 e. The minimum atomic E-state index is -3.04. The van der Waals surface area contributed by atoms with Gasteiger partial charge >= 0.3 is 23.6 Å². The summed E-state index contributed by atoms with van der Waals surface area (Å²) in [5, 5.41) is 8.75. The topological polar surface area (TPSA) is 89.9 Å². The maximum atomic E-state index is 13.9. The summed E-state index contributed by atoms with van der Waals surface area (Å²) in [6, 6.07) is 0. The standard InChI is InChI=1S/C24H39FO6/c1-2-3-4-5-6-7-8-9-10-11-12-13-14-15-16-17-21(26)30-19-20-18-24(25,22(27)28)23(29)31-20/h9-10,20H,2-8,11-19H2,1H3,(H,27,28)/b10-9-/t20-,24?/m0/s1. The van der Waals surface area contributed by atoms with Crippen LogP contribution in [0.2, 0.25) is 0 Å². The van der Waals surface area contributed by atoms with Gasteiger partial charge in [-0.3, -0.25) is 4.79 Å². The highest BCUT2D eigenvalue weighted by atomic mass is 19.1. The number of esters is 2. The zero-order valence-corrected chi connectivity index (χ0v) is 18.9. The molecule has 0 saturated carbocycles. The Labute approximate surface area is 185 Å². The normalized spacial score (nSPS) is 20.8. The van der Waals surface area contributed by atoms with Crippen molar-refractivity contribution in [1.82, 2.24) is 0 Å². The molecular weight excluding hydrogens is 403 g/mol. The van der Waals surface area contributed by atoms with Crippen LogP contribution in [-0.4, -0.2) is 41.4 Å². The van der Waals surface area contributed by atoms with E-state index in [4.69, 9.17) is 9.84 Å². The van der Waals surface area contributed by atoms with Crippen molar-refractivity contribution in [3.63, 3.8) is 0 Å². The van der Waals surface area contributed by atoms with Gasteiger partial charge in [-0.1, -0.05) is 70.4 Å². The van der Waals surface area contributed by atoms with E-state index in [0.29, 0.717) is 6.42 Å². The number of alkyl halides is 1. The molecule has 7 heteroatoms. The number of ether oxygens (including phenoxy) is 2. The Morgan fingerprint density at radius 2 is 1.58 bits per heavy atom. The summed E-state index contributed by atoms with van der Waals surface area (Å²) < 4.78 is 23.5. The van der Waals surface area contributed by atoms with Gasteiger partial charge in [0.1, 0.15) is 12.7 Å². The Kier molecular flexibility index (Phi) is 13.8. The molecule has 1 saturated heterocycles. The van der Waals surface area contributed by atoms with Crippen LogP contribution in [0.1, 0.15) is 103 Å². The predicted octanol–water partition coefficient (Wildman–Crippen LogP) is 5.68. The lowest BCUT2D eigenvalue weighted by atomic mass is 10.0. The highest BCUT2D eigenvalue weighted by Crippen LogP contribution is 2.30. The lowest BCUT2D eigenvalue weighted by molar-refractivity contribution is -0.164. The van der Waals surface area contributed by atoms with E-state index in [0.717, 1.165) is 32.1 Å². The molecular formula is C24H39FO6. The predicted molar refractivity (Wildman–Crippen MR) is 116 cm³/mol. The number of rotatable bonds is 18. The summed E-state index contributed by atoms with van der Waals surface area (Å²) in [4.78, 5) is 33.8. The van der Waals surface area contributed by atoms with E-state index in [2.05, 4.69) is 23.8 Å². The van der Waals surface area contributed by atoms with Crippen molar-refractivity contribution in [3.8, 4) is 0 Å². The Morgan fingerprint density at radius 3 is 2.13 bits per heavy atom. The van der Waals surface area contributed by atoms with Gasteiger partial charge in [-0.2, -0.15) is 0 Å². The van der Waals surface area contributed by atoms with Gasteiger partial charge < -0.3 is 14.6 Å². The highest BCUT2D eigenvalue weighted by Gasteiger charge is 2.56. The molecule has 178 valence electrons. The molecule has 1 fully saturated rings. The third-order valence-corrected chi connectivity index (χ3v) is 5.52. The van der Waals surface area contributed by atoms with Crippen molar-refractivity contribution in [1.29, 1.82) is 0 Å². The molecule has 2 atom stereocenters. The number of aliphatic carboxylic acids is 1. The van der Waals surface area contributed by atoms with Gasteiger partial charge in [-0.25, -0.2) is 14.0 Å². The van der Waals surface area contributed by atoms with Crippen LogP contribution in [0.15, 0.2) is 12.2 Å². The molecule has 1 N–H and O–H groups in total. The van der Waals surface area contributed by atoms with Gasteiger partial charge in [0.05, 0.1) is 0 Å². The number of halogens is 1. The molecule has 1 rings (SSSR count). The van der Waals surface area contributed by atoms with Gasteiger partial charge in [0.15, 0.2) is 0 Å². The average Bonchev–Trinajstić information content (AvgIpc) is 3.04. The molecule has 1 aliphatic heterocycles. The van der Waals surface area contributed by atoms with Crippen LogP contribution in [0.5, 0.6) is 0 Å². The lowest BCUT2D eigenvalue weighted by Gasteiger charge is -2.10. The molecule has 1 unspecified atom stereocenters. The zero-order valence-electron chi connectivity index (χ0n) is 18.9. The van der Waals surface area contributed by atoms with Crippen molar-refractivity contribution in [3.05, 3.63) is 12.2 Å². The van der Waals surface area contributed by atoms with Crippen LogP contribution in [0.3, 0.4) is 0 Å².